The number of hydrogen-bond donors (Lipinski definition) is 0. The van der Waals surface area contributed by atoms with Crippen LogP contribution < -0.4 is 0 Å². The fourth-order valence-electron chi connectivity index (χ4n) is 1.48. The predicted octanol–water partition coefficient (Wildman–Crippen LogP) is 3.60. The zero-order valence-corrected chi connectivity index (χ0v) is 8.79. The van der Waals surface area contributed by atoms with Crippen LogP contribution in [0, 0.1) is 0 Å². The smallest absolute Gasteiger partial charge is 0.0629 e. The summed E-state index contributed by atoms with van der Waals surface area (Å²) in [7, 11) is 0. The van der Waals surface area contributed by atoms with Gasteiger partial charge in [0.25, 0.3) is 0 Å². The van der Waals surface area contributed by atoms with Crippen molar-refractivity contribution < 1.29 is 0 Å². The Morgan fingerprint density at radius 2 is 2.21 bits per heavy atom. The molecular weight excluding hydrogens is 170 g/mol. The molecule has 0 amide bonds. The van der Waals surface area contributed by atoms with Gasteiger partial charge in [0, 0.05) is 6.20 Å². The highest BCUT2D eigenvalue weighted by Gasteiger charge is 2.10. The minimum atomic E-state index is 1.12. The molecule has 1 aromatic heterocycles. The Kier molecular flexibility index (Phi) is 2.97. The number of aryl methyl sites for hydroxylation is 1. The van der Waals surface area contributed by atoms with Gasteiger partial charge in [-0.2, -0.15) is 0 Å². The van der Waals surface area contributed by atoms with Crippen LogP contribution in [0.5, 0.6) is 0 Å². The van der Waals surface area contributed by atoms with Crippen molar-refractivity contribution in [1.29, 1.82) is 0 Å². The number of pyridine rings is 1. The van der Waals surface area contributed by atoms with Crippen LogP contribution in [-0.2, 0) is 6.42 Å². The molecule has 0 radical (unpaired) electrons. The lowest BCUT2D eigenvalue weighted by Gasteiger charge is -1.99. The van der Waals surface area contributed by atoms with Crippen molar-refractivity contribution >= 4 is 6.08 Å². The van der Waals surface area contributed by atoms with Crippen molar-refractivity contribution in [2.45, 2.75) is 39.0 Å². The molecule has 0 unspecified atom stereocenters. The van der Waals surface area contributed by atoms with Gasteiger partial charge in [0.15, 0.2) is 0 Å². The third-order valence-electron chi connectivity index (χ3n) is 2.56. The first-order valence-electron chi connectivity index (χ1n) is 5.53. The Bertz CT molecular complexity index is 316. The maximum atomic E-state index is 4.44. The van der Waals surface area contributed by atoms with Gasteiger partial charge in [-0.25, -0.2) is 0 Å². The van der Waals surface area contributed by atoms with Crippen LogP contribution in [-0.4, -0.2) is 4.98 Å². The molecule has 1 aliphatic carbocycles. The van der Waals surface area contributed by atoms with Crippen LogP contribution in [0.25, 0.3) is 6.08 Å². The third kappa shape index (κ3) is 2.69. The third-order valence-corrected chi connectivity index (χ3v) is 2.56. The van der Waals surface area contributed by atoms with Crippen LogP contribution in [0.3, 0.4) is 0 Å². The number of unbranched alkanes of at least 4 members (excludes halogenated alkanes) is 1. The van der Waals surface area contributed by atoms with Gasteiger partial charge in [-0.3, -0.25) is 4.98 Å². The van der Waals surface area contributed by atoms with E-state index in [9.17, 15) is 0 Å². The van der Waals surface area contributed by atoms with Crippen molar-refractivity contribution in [3.05, 3.63) is 35.2 Å². The Balaban J connectivity index is 1.98. The standard InChI is InChI=1S/C13H17N/c1-2-3-4-12-7-8-13(14-10-12)9-11-5-6-11/h7-10H,2-6H2,1H3. The summed E-state index contributed by atoms with van der Waals surface area (Å²) in [5.74, 6) is 0. The van der Waals surface area contributed by atoms with E-state index in [0.29, 0.717) is 0 Å². The highest BCUT2D eigenvalue weighted by molar-refractivity contribution is 5.52. The van der Waals surface area contributed by atoms with Crippen LogP contribution in [0.4, 0.5) is 0 Å². The molecule has 0 spiro atoms. The van der Waals surface area contributed by atoms with Gasteiger partial charge in [0.2, 0.25) is 0 Å². The van der Waals surface area contributed by atoms with Gasteiger partial charge in [0.1, 0.15) is 0 Å². The second kappa shape index (κ2) is 4.41. The summed E-state index contributed by atoms with van der Waals surface area (Å²) in [6.45, 7) is 2.22. The van der Waals surface area contributed by atoms with Crippen molar-refractivity contribution in [2.75, 3.05) is 0 Å². The van der Waals surface area contributed by atoms with Crippen LogP contribution in [0.15, 0.2) is 23.9 Å². The number of allylic oxidation sites excluding steroid dienone is 1. The van der Waals surface area contributed by atoms with E-state index in [1.807, 2.05) is 6.20 Å². The molecule has 1 heteroatoms. The number of rotatable bonds is 4. The van der Waals surface area contributed by atoms with Gasteiger partial charge in [0.05, 0.1) is 5.69 Å². The first-order chi connectivity index (χ1) is 6.88. The fraction of sp³-hybridized carbons (Fsp3) is 0.462. The molecule has 0 atom stereocenters. The summed E-state index contributed by atoms with van der Waals surface area (Å²) in [6, 6.07) is 4.34. The largest absolute Gasteiger partial charge is 0.257 e. The van der Waals surface area contributed by atoms with E-state index >= 15 is 0 Å². The number of aromatic nitrogens is 1. The van der Waals surface area contributed by atoms with Gasteiger partial charge in [-0.1, -0.05) is 25.0 Å². The summed E-state index contributed by atoms with van der Waals surface area (Å²) in [5, 5.41) is 0. The molecule has 1 nitrogen and oxygen atoms in total. The van der Waals surface area contributed by atoms with E-state index in [4.69, 9.17) is 0 Å². The summed E-state index contributed by atoms with van der Waals surface area (Å²) in [4.78, 5) is 4.44. The first-order valence-corrected chi connectivity index (χ1v) is 5.53. The Hall–Kier alpha value is -1.11. The van der Waals surface area contributed by atoms with Gasteiger partial charge < -0.3 is 0 Å². The molecule has 0 aromatic carbocycles. The van der Waals surface area contributed by atoms with E-state index < -0.39 is 0 Å². The molecule has 14 heavy (non-hydrogen) atoms. The van der Waals surface area contributed by atoms with E-state index in [2.05, 4.69) is 30.1 Å². The maximum absolute atomic E-state index is 4.44. The predicted molar refractivity (Wildman–Crippen MR) is 60.1 cm³/mol. The normalized spacial score (nSPS) is 14.2. The first kappa shape index (κ1) is 9.45. The van der Waals surface area contributed by atoms with Crippen molar-refractivity contribution in [2.24, 2.45) is 0 Å². The Labute approximate surface area is 85.9 Å². The summed E-state index contributed by atoms with van der Waals surface area (Å²) in [5.41, 5.74) is 4.03. The number of nitrogens with zero attached hydrogens (tertiary/aromatic N) is 1. The molecule has 0 saturated heterocycles. The SMILES string of the molecule is CCCCc1ccc(C=C2CC2)nc1. The van der Waals surface area contributed by atoms with Crippen LogP contribution >= 0.6 is 0 Å². The topological polar surface area (TPSA) is 12.9 Å². The zero-order chi connectivity index (χ0) is 9.80. The second-order valence-electron chi connectivity index (χ2n) is 4.00. The fourth-order valence-corrected chi connectivity index (χ4v) is 1.48. The van der Waals surface area contributed by atoms with Gasteiger partial charge >= 0.3 is 0 Å². The highest BCUT2D eigenvalue weighted by atomic mass is 14.7. The van der Waals surface area contributed by atoms with E-state index in [-0.39, 0.29) is 0 Å². The molecule has 1 fully saturated rings. The minimum absolute atomic E-state index is 1.12. The summed E-state index contributed by atoms with van der Waals surface area (Å²) < 4.78 is 0. The average molecular weight is 187 g/mol. The summed E-state index contributed by atoms with van der Waals surface area (Å²) >= 11 is 0. The van der Waals surface area contributed by atoms with Crippen molar-refractivity contribution in [1.82, 2.24) is 4.98 Å². The van der Waals surface area contributed by atoms with E-state index in [1.54, 1.807) is 5.57 Å². The van der Waals surface area contributed by atoms with Gasteiger partial charge in [-0.05, 0) is 43.4 Å². The molecule has 74 valence electrons. The monoisotopic (exact) mass is 187 g/mol. The molecule has 0 bridgehead atoms. The molecule has 1 aliphatic rings. The van der Waals surface area contributed by atoms with Gasteiger partial charge in [-0.15, -0.1) is 0 Å². The van der Waals surface area contributed by atoms with Crippen LogP contribution in [0.1, 0.15) is 43.9 Å². The molecule has 1 heterocycles. The summed E-state index contributed by atoms with van der Waals surface area (Å²) in [6.07, 6.45) is 10.5. The van der Waals surface area contributed by atoms with E-state index in [1.165, 1.54) is 37.7 Å². The quantitative estimate of drug-likeness (QED) is 0.701. The Morgan fingerprint density at radius 3 is 2.79 bits per heavy atom. The van der Waals surface area contributed by atoms with Crippen molar-refractivity contribution in [3.63, 3.8) is 0 Å². The van der Waals surface area contributed by atoms with E-state index in [0.717, 1.165) is 5.69 Å². The molecule has 0 aliphatic heterocycles. The molecular formula is C13H17N. The lowest BCUT2D eigenvalue weighted by atomic mass is 10.1. The second-order valence-corrected chi connectivity index (χ2v) is 4.00. The lowest BCUT2D eigenvalue weighted by molar-refractivity contribution is 0.792. The highest BCUT2D eigenvalue weighted by Crippen LogP contribution is 2.29. The molecule has 1 saturated carbocycles. The van der Waals surface area contributed by atoms with Crippen LogP contribution in [0.2, 0.25) is 0 Å². The maximum Gasteiger partial charge on any atom is 0.0629 e. The van der Waals surface area contributed by atoms with Crippen molar-refractivity contribution in [3.8, 4) is 0 Å². The molecule has 2 rings (SSSR count). The molecule has 0 N–H and O–H groups in total. The number of hydrogen-bond acceptors (Lipinski definition) is 1. The Morgan fingerprint density at radius 1 is 1.36 bits per heavy atom. The molecule has 1 aromatic rings. The zero-order valence-electron chi connectivity index (χ0n) is 8.79. The average Bonchev–Trinajstić information content (AvgIpc) is 3.01. The minimum Gasteiger partial charge on any atom is -0.257 e. The lowest BCUT2D eigenvalue weighted by Crippen LogP contribution is -1.87.